The average Bonchev–Trinajstić information content (AvgIpc) is 2.15. The van der Waals surface area contributed by atoms with Gasteiger partial charge in [-0.1, -0.05) is 0 Å². The third-order valence-electron chi connectivity index (χ3n) is 2.03. The normalized spacial score (nSPS) is 32.8. The van der Waals surface area contributed by atoms with Crippen molar-refractivity contribution in [1.29, 1.82) is 0 Å². The molecule has 0 saturated carbocycles. The summed E-state index contributed by atoms with van der Waals surface area (Å²) in [7, 11) is 0. The van der Waals surface area contributed by atoms with E-state index in [0.29, 0.717) is 26.1 Å². The molecule has 4 heteroatoms. The lowest BCUT2D eigenvalue weighted by molar-refractivity contribution is -0.143. The first-order valence-corrected chi connectivity index (χ1v) is 3.75. The van der Waals surface area contributed by atoms with Crippen LogP contribution in [0.4, 0.5) is 0 Å². The number of aliphatic carboxylic acids is 1. The Kier molecular flexibility index (Phi) is 2.46. The van der Waals surface area contributed by atoms with Gasteiger partial charge in [0.15, 0.2) is 0 Å². The summed E-state index contributed by atoms with van der Waals surface area (Å²) in [6, 6.07) is 0. The summed E-state index contributed by atoms with van der Waals surface area (Å²) in [6.07, 6.45) is 1.67. The Bertz CT molecular complexity index is 150. The van der Waals surface area contributed by atoms with E-state index in [1.54, 1.807) is 0 Å². The van der Waals surface area contributed by atoms with Crippen LogP contribution in [-0.4, -0.2) is 29.8 Å². The molecule has 1 rings (SSSR count). The first-order valence-electron chi connectivity index (χ1n) is 3.75. The zero-order valence-electron chi connectivity index (χ0n) is 6.38. The van der Waals surface area contributed by atoms with Gasteiger partial charge in [-0.15, -0.1) is 0 Å². The van der Waals surface area contributed by atoms with Crippen molar-refractivity contribution in [3.05, 3.63) is 0 Å². The van der Waals surface area contributed by atoms with Gasteiger partial charge in [0.25, 0.3) is 0 Å². The molecule has 0 aromatic heterocycles. The number of rotatable bonds is 1. The second-order valence-electron chi connectivity index (χ2n) is 2.93. The van der Waals surface area contributed by atoms with Gasteiger partial charge in [0.2, 0.25) is 0 Å². The second-order valence-corrected chi connectivity index (χ2v) is 2.93. The molecule has 0 spiro atoms. The van der Waals surface area contributed by atoms with Gasteiger partial charge in [-0.3, -0.25) is 4.79 Å². The van der Waals surface area contributed by atoms with Gasteiger partial charge in [0, 0.05) is 13.2 Å². The van der Waals surface area contributed by atoms with E-state index in [4.69, 9.17) is 15.6 Å². The Morgan fingerprint density at radius 3 is 2.82 bits per heavy atom. The first-order chi connectivity index (χ1) is 5.15. The fraction of sp³-hybridized carbons (Fsp3) is 0.857. The summed E-state index contributed by atoms with van der Waals surface area (Å²) in [6.45, 7) is 1.09. The molecule has 1 atom stereocenters. The van der Waals surface area contributed by atoms with Crippen molar-refractivity contribution in [2.75, 3.05) is 13.2 Å². The molecule has 3 N–H and O–H groups in total. The molecule has 1 heterocycles. The second kappa shape index (κ2) is 3.19. The summed E-state index contributed by atoms with van der Waals surface area (Å²) in [5.74, 6) is -0.914. The van der Waals surface area contributed by atoms with Gasteiger partial charge in [0.05, 0.1) is 0 Å². The van der Waals surface area contributed by atoms with Gasteiger partial charge in [-0.25, -0.2) is 0 Å². The standard InChI is InChI=1S/C7H13NO3/c8-7(6(9)10)2-1-4-11-5-3-7/h1-5,8H2,(H,9,10)/t7-/m0/s1. The van der Waals surface area contributed by atoms with Crippen LogP contribution in [0.15, 0.2) is 0 Å². The fourth-order valence-electron chi connectivity index (χ4n) is 1.18. The SMILES string of the molecule is N[C@@]1(C(=O)O)CCCOCC1. The van der Waals surface area contributed by atoms with Crippen LogP contribution in [0.5, 0.6) is 0 Å². The molecular weight excluding hydrogens is 146 g/mol. The molecule has 0 unspecified atom stereocenters. The Labute approximate surface area is 65.3 Å². The van der Waals surface area contributed by atoms with Crippen LogP contribution < -0.4 is 5.73 Å². The topological polar surface area (TPSA) is 72.6 Å². The molecule has 1 fully saturated rings. The van der Waals surface area contributed by atoms with Gasteiger partial charge in [-0.05, 0) is 19.3 Å². The van der Waals surface area contributed by atoms with Crippen LogP contribution in [0.2, 0.25) is 0 Å². The predicted octanol–water partition coefficient (Wildman–Crippen LogP) is -0.0310. The van der Waals surface area contributed by atoms with E-state index in [1.807, 2.05) is 0 Å². The molecule has 0 radical (unpaired) electrons. The zero-order chi connectivity index (χ0) is 8.32. The quantitative estimate of drug-likeness (QED) is 0.563. The maximum Gasteiger partial charge on any atom is 0.323 e. The van der Waals surface area contributed by atoms with Gasteiger partial charge in [0.1, 0.15) is 5.54 Å². The molecular formula is C7H13NO3. The fourth-order valence-corrected chi connectivity index (χ4v) is 1.18. The van der Waals surface area contributed by atoms with E-state index in [1.165, 1.54) is 0 Å². The largest absolute Gasteiger partial charge is 0.480 e. The van der Waals surface area contributed by atoms with Crippen molar-refractivity contribution in [3.63, 3.8) is 0 Å². The number of hydrogen-bond acceptors (Lipinski definition) is 3. The summed E-state index contributed by atoms with van der Waals surface area (Å²) in [4.78, 5) is 10.6. The molecule has 64 valence electrons. The van der Waals surface area contributed by atoms with Crippen molar-refractivity contribution in [3.8, 4) is 0 Å². The van der Waals surface area contributed by atoms with Crippen LogP contribution in [0.3, 0.4) is 0 Å². The van der Waals surface area contributed by atoms with Gasteiger partial charge in [-0.2, -0.15) is 0 Å². The van der Waals surface area contributed by atoms with Crippen molar-refractivity contribution in [1.82, 2.24) is 0 Å². The molecule has 0 amide bonds. The zero-order valence-corrected chi connectivity index (χ0v) is 6.38. The average molecular weight is 159 g/mol. The molecule has 4 nitrogen and oxygen atoms in total. The molecule has 0 aromatic rings. The third-order valence-corrected chi connectivity index (χ3v) is 2.03. The van der Waals surface area contributed by atoms with E-state index >= 15 is 0 Å². The Hall–Kier alpha value is -0.610. The third kappa shape index (κ3) is 1.91. The maximum atomic E-state index is 10.6. The summed E-state index contributed by atoms with van der Waals surface area (Å²) < 4.78 is 5.10. The van der Waals surface area contributed by atoms with E-state index < -0.39 is 11.5 Å². The van der Waals surface area contributed by atoms with Crippen molar-refractivity contribution < 1.29 is 14.6 Å². The molecule has 0 aliphatic carbocycles. The van der Waals surface area contributed by atoms with Crippen molar-refractivity contribution in [2.24, 2.45) is 5.73 Å². The number of carboxylic acids is 1. The highest BCUT2D eigenvalue weighted by molar-refractivity contribution is 5.78. The van der Waals surface area contributed by atoms with E-state index in [9.17, 15) is 4.79 Å². The highest BCUT2D eigenvalue weighted by atomic mass is 16.5. The molecule has 1 saturated heterocycles. The smallest absolute Gasteiger partial charge is 0.323 e. The van der Waals surface area contributed by atoms with Crippen LogP contribution in [0.25, 0.3) is 0 Å². The Morgan fingerprint density at radius 2 is 2.18 bits per heavy atom. The molecule has 1 aliphatic rings. The van der Waals surface area contributed by atoms with Crippen LogP contribution in [-0.2, 0) is 9.53 Å². The molecule has 11 heavy (non-hydrogen) atoms. The molecule has 1 aliphatic heterocycles. The van der Waals surface area contributed by atoms with E-state index in [0.717, 1.165) is 6.42 Å². The number of nitrogens with two attached hydrogens (primary N) is 1. The van der Waals surface area contributed by atoms with E-state index in [2.05, 4.69) is 0 Å². The van der Waals surface area contributed by atoms with Crippen LogP contribution in [0, 0.1) is 0 Å². The van der Waals surface area contributed by atoms with E-state index in [-0.39, 0.29) is 0 Å². The highest BCUT2D eigenvalue weighted by Crippen LogP contribution is 2.18. The van der Waals surface area contributed by atoms with Gasteiger partial charge < -0.3 is 15.6 Å². The first kappa shape index (κ1) is 8.49. The Balaban J connectivity index is 2.59. The monoisotopic (exact) mass is 159 g/mol. The molecule has 0 aromatic carbocycles. The van der Waals surface area contributed by atoms with Gasteiger partial charge >= 0.3 is 5.97 Å². The summed E-state index contributed by atoms with van der Waals surface area (Å²) in [5.41, 5.74) is 4.58. The Morgan fingerprint density at radius 1 is 1.45 bits per heavy atom. The minimum atomic E-state index is -1.05. The number of hydrogen-bond donors (Lipinski definition) is 2. The number of ether oxygens (including phenoxy) is 1. The van der Waals surface area contributed by atoms with Crippen LogP contribution in [0.1, 0.15) is 19.3 Å². The maximum absolute atomic E-state index is 10.6. The van der Waals surface area contributed by atoms with Crippen molar-refractivity contribution in [2.45, 2.75) is 24.8 Å². The lowest BCUT2D eigenvalue weighted by Crippen LogP contribution is -2.48. The highest BCUT2D eigenvalue weighted by Gasteiger charge is 2.34. The predicted molar refractivity (Wildman–Crippen MR) is 39.2 cm³/mol. The molecule has 0 bridgehead atoms. The van der Waals surface area contributed by atoms with Crippen LogP contribution >= 0.6 is 0 Å². The number of carbonyl (C=O) groups is 1. The minimum Gasteiger partial charge on any atom is -0.480 e. The summed E-state index contributed by atoms with van der Waals surface area (Å²) in [5, 5.41) is 8.74. The minimum absolute atomic E-state index is 0.419. The summed E-state index contributed by atoms with van der Waals surface area (Å²) >= 11 is 0. The number of carboxylic acid groups (broad SMARTS) is 1. The lowest BCUT2D eigenvalue weighted by atomic mass is 9.92. The van der Waals surface area contributed by atoms with Crippen molar-refractivity contribution >= 4 is 5.97 Å². The lowest BCUT2D eigenvalue weighted by Gasteiger charge is -2.20.